The van der Waals surface area contributed by atoms with Crippen molar-refractivity contribution in [2.24, 2.45) is 17.4 Å². The quantitative estimate of drug-likeness (QED) is 0.0335. The molecule has 1 aliphatic heterocycles. The summed E-state index contributed by atoms with van der Waals surface area (Å²) in [5.41, 5.74) is 11.9. The minimum Gasteiger partial charge on any atom is -0.508 e. The Morgan fingerprint density at radius 2 is 1.21 bits per heavy atom. The van der Waals surface area contributed by atoms with Crippen LogP contribution in [0.3, 0.4) is 0 Å². The van der Waals surface area contributed by atoms with Gasteiger partial charge in [-0.3, -0.25) is 52.7 Å². The van der Waals surface area contributed by atoms with Crippen LogP contribution in [0.2, 0.25) is 0 Å². The molecule has 1 heterocycles. The standard InChI is InChI=1S/C50H71N11O16S/c1-26(2)19-32(58-48(74)37-11-8-17-61(37)40(66)24-51)44(70)56-34(22-38(52)64)46(72)55-31(16-18-78-4)43(69)60-42(27(3)62)49(75)53-25-39(65)54-33(20-28-9-6-5-7-10-28)45(71)57-35(23-41(67)68)47(73)59-36(50(76)77)21-29-12-14-30(63)15-13-29/h5-7,9-10,12-15,26-27,31-37,42,62-63H,8,11,16-25,51H2,1-4H3,(H2,52,64)(H,53,75)(H,54,65)(H,55,72)(H,56,70)(H,57,71)(H,58,74)(H,59,73)(H,60,69)(H,67,68)(H,76,77)/t27-,31+,32+,33+,34+,35+,36+,37+,42+/m1/s1. The third kappa shape index (κ3) is 21.6. The molecule has 16 N–H and O–H groups in total. The summed E-state index contributed by atoms with van der Waals surface area (Å²) in [5, 5.41) is 58.7. The number of carboxylic acid groups (broad SMARTS) is 2. The van der Waals surface area contributed by atoms with Gasteiger partial charge < -0.3 is 79.3 Å². The highest BCUT2D eigenvalue weighted by molar-refractivity contribution is 7.98. The summed E-state index contributed by atoms with van der Waals surface area (Å²) in [6.45, 7) is 3.77. The second kappa shape index (κ2) is 32.0. The summed E-state index contributed by atoms with van der Waals surface area (Å²) >= 11 is 1.27. The third-order valence-electron chi connectivity index (χ3n) is 12.1. The zero-order chi connectivity index (χ0) is 58.2. The zero-order valence-corrected chi connectivity index (χ0v) is 44.5. The van der Waals surface area contributed by atoms with Crippen LogP contribution >= 0.6 is 11.8 Å². The van der Waals surface area contributed by atoms with E-state index in [4.69, 9.17) is 11.5 Å². The number of rotatable bonds is 32. The van der Waals surface area contributed by atoms with Gasteiger partial charge in [-0.05, 0) is 73.8 Å². The van der Waals surface area contributed by atoms with E-state index >= 15 is 0 Å². The molecule has 0 bridgehead atoms. The van der Waals surface area contributed by atoms with Gasteiger partial charge in [0.05, 0.1) is 32.0 Å². The molecule has 2 aromatic carbocycles. The van der Waals surface area contributed by atoms with Crippen molar-refractivity contribution in [3.05, 3.63) is 65.7 Å². The number of aliphatic hydroxyl groups excluding tert-OH is 1. The van der Waals surface area contributed by atoms with Crippen molar-refractivity contribution in [1.82, 2.24) is 47.4 Å². The molecule has 0 saturated carbocycles. The maximum atomic E-state index is 13.8. The highest BCUT2D eigenvalue weighted by Crippen LogP contribution is 2.19. The average Bonchev–Trinajstić information content (AvgIpc) is 3.88. The molecule has 28 heteroatoms. The fourth-order valence-electron chi connectivity index (χ4n) is 8.12. The number of phenols is 1. The Morgan fingerprint density at radius 3 is 1.76 bits per heavy atom. The van der Waals surface area contributed by atoms with E-state index in [0.717, 1.165) is 6.92 Å². The van der Waals surface area contributed by atoms with Gasteiger partial charge in [-0.2, -0.15) is 11.8 Å². The molecular weight excluding hydrogens is 1040 g/mol. The number of hydrogen-bond donors (Lipinski definition) is 14. The predicted octanol–water partition coefficient (Wildman–Crippen LogP) is -3.75. The summed E-state index contributed by atoms with van der Waals surface area (Å²) in [6.07, 6.45) is -1.39. The van der Waals surface area contributed by atoms with Crippen LogP contribution in [0.15, 0.2) is 54.6 Å². The van der Waals surface area contributed by atoms with E-state index < -0.39 is 145 Å². The molecule has 9 atom stereocenters. The molecular formula is C50H71N11O16S. The maximum absolute atomic E-state index is 13.8. The van der Waals surface area contributed by atoms with Crippen molar-refractivity contribution in [1.29, 1.82) is 0 Å². The summed E-state index contributed by atoms with van der Waals surface area (Å²) in [7, 11) is 0. The summed E-state index contributed by atoms with van der Waals surface area (Å²) in [6, 6.07) is 1.47. The van der Waals surface area contributed by atoms with Gasteiger partial charge in [-0.15, -0.1) is 0 Å². The number of aliphatic carboxylic acids is 2. The van der Waals surface area contributed by atoms with Crippen molar-refractivity contribution >= 4 is 82.8 Å². The first kappa shape index (κ1) is 64.4. The number of primary amides is 1. The van der Waals surface area contributed by atoms with Crippen LogP contribution in [0.1, 0.15) is 70.4 Å². The van der Waals surface area contributed by atoms with Gasteiger partial charge in [0.25, 0.3) is 0 Å². The Kier molecular flexibility index (Phi) is 26.5. The number of aliphatic hydroxyl groups is 1. The largest absolute Gasteiger partial charge is 0.508 e. The first-order chi connectivity index (χ1) is 36.8. The van der Waals surface area contributed by atoms with Crippen molar-refractivity contribution in [3.8, 4) is 5.75 Å². The zero-order valence-electron chi connectivity index (χ0n) is 43.7. The highest BCUT2D eigenvalue weighted by Gasteiger charge is 2.38. The Bertz CT molecular complexity index is 2450. The Balaban J connectivity index is 1.75. The van der Waals surface area contributed by atoms with Gasteiger partial charge in [0.2, 0.25) is 59.1 Å². The fourth-order valence-corrected chi connectivity index (χ4v) is 8.59. The Morgan fingerprint density at radius 1 is 0.667 bits per heavy atom. The van der Waals surface area contributed by atoms with E-state index in [0.29, 0.717) is 24.0 Å². The average molecular weight is 1110 g/mol. The number of nitrogens with one attached hydrogen (secondary N) is 8. The molecule has 3 rings (SSSR count). The minimum absolute atomic E-state index is 0.0745. The molecule has 0 spiro atoms. The smallest absolute Gasteiger partial charge is 0.326 e. The lowest BCUT2D eigenvalue weighted by atomic mass is 10.0. The number of nitrogens with two attached hydrogens (primary N) is 2. The van der Waals surface area contributed by atoms with Crippen LogP contribution in [-0.2, 0) is 70.4 Å². The monoisotopic (exact) mass is 1110 g/mol. The van der Waals surface area contributed by atoms with Crippen LogP contribution in [0.25, 0.3) is 0 Å². The van der Waals surface area contributed by atoms with Gasteiger partial charge in [0.1, 0.15) is 54.1 Å². The number of aromatic hydroxyl groups is 1. The molecule has 0 unspecified atom stereocenters. The molecule has 78 heavy (non-hydrogen) atoms. The normalized spacial score (nSPS) is 16.0. The van der Waals surface area contributed by atoms with Crippen molar-refractivity contribution in [2.75, 3.05) is 31.6 Å². The van der Waals surface area contributed by atoms with Gasteiger partial charge in [-0.25, -0.2) is 4.79 Å². The predicted molar refractivity (Wildman–Crippen MR) is 280 cm³/mol. The molecule has 0 aromatic heterocycles. The number of benzene rings is 2. The maximum Gasteiger partial charge on any atom is 0.326 e. The number of thioether (sulfide) groups is 1. The summed E-state index contributed by atoms with van der Waals surface area (Å²) < 4.78 is 0. The highest BCUT2D eigenvalue weighted by atomic mass is 32.2. The van der Waals surface area contributed by atoms with Crippen molar-refractivity contribution in [2.45, 2.75) is 127 Å². The van der Waals surface area contributed by atoms with Gasteiger partial charge in [-0.1, -0.05) is 56.3 Å². The number of carbonyl (C=O) groups excluding carboxylic acids is 10. The van der Waals surface area contributed by atoms with E-state index in [2.05, 4.69) is 42.5 Å². The van der Waals surface area contributed by atoms with E-state index in [9.17, 15) is 78.0 Å². The number of hydrogen-bond acceptors (Lipinski definition) is 16. The summed E-state index contributed by atoms with van der Waals surface area (Å²) in [5.74, 6) is -12.5. The molecule has 1 aliphatic rings. The van der Waals surface area contributed by atoms with E-state index in [1.807, 2.05) is 0 Å². The van der Waals surface area contributed by atoms with Crippen molar-refractivity contribution in [3.63, 3.8) is 0 Å². The number of carbonyl (C=O) groups is 12. The number of nitrogens with zero attached hydrogens (tertiary/aromatic N) is 1. The minimum atomic E-state index is -1.86. The second-order valence-corrected chi connectivity index (χ2v) is 19.9. The SMILES string of the molecule is CSCC[C@H](NC(=O)[C@H](CC(N)=O)NC(=O)[C@H](CC(C)C)NC(=O)[C@@H]1CCCN1C(=O)CN)C(=O)N[C@H](C(=O)NCC(=O)N[C@@H](Cc1ccccc1)C(=O)N[C@@H](CC(=O)O)C(=O)N[C@@H](Cc1ccc(O)cc1)C(=O)O)[C@@H](C)O. The van der Waals surface area contributed by atoms with Crippen LogP contribution in [-0.4, -0.2) is 182 Å². The molecule has 0 radical (unpaired) electrons. The Hall–Kier alpha value is -7.85. The van der Waals surface area contributed by atoms with Crippen LogP contribution in [0, 0.1) is 5.92 Å². The first-order valence-electron chi connectivity index (χ1n) is 24.9. The lowest BCUT2D eigenvalue weighted by Crippen LogP contribution is -2.61. The van der Waals surface area contributed by atoms with Crippen LogP contribution < -0.4 is 54.0 Å². The fraction of sp³-hybridized carbons (Fsp3) is 0.520. The van der Waals surface area contributed by atoms with Crippen molar-refractivity contribution < 1.29 is 78.0 Å². The van der Waals surface area contributed by atoms with Crippen LogP contribution in [0.5, 0.6) is 5.75 Å². The Labute approximate surface area is 453 Å². The van der Waals surface area contributed by atoms with Gasteiger partial charge >= 0.3 is 11.9 Å². The molecule has 1 fully saturated rings. The molecule has 2 aromatic rings. The molecule has 1 saturated heterocycles. The molecule has 428 valence electrons. The molecule has 27 nitrogen and oxygen atoms in total. The first-order valence-corrected chi connectivity index (χ1v) is 26.3. The lowest BCUT2D eigenvalue weighted by Gasteiger charge is -2.28. The van der Waals surface area contributed by atoms with E-state index in [-0.39, 0.29) is 56.2 Å². The van der Waals surface area contributed by atoms with E-state index in [1.165, 1.54) is 40.9 Å². The van der Waals surface area contributed by atoms with Gasteiger partial charge in [0.15, 0.2) is 0 Å². The number of phenolic OH excluding ortho intramolecular Hbond substituents is 1. The van der Waals surface area contributed by atoms with E-state index in [1.54, 1.807) is 50.4 Å². The summed E-state index contributed by atoms with van der Waals surface area (Å²) in [4.78, 5) is 159. The molecule has 10 amide bonds. The topological polar surface area (TPSA) is 437 Å². The van der Waals surface area contributed by atoms with Gasteiger partial charge in [0, 0.05) is 19.4 Å². The number of carboxylic acids is 2. The van der Waals surface area contributed by atoms with Crippen LogP contribution in [0.4, 0.5) is 0 Å². The number of amides is 10. The third-order valence-corrected chi connectivity index (χ3v) is 12.7. The molecule has 0 aliphatic carbocycles. The second-order valence-electron chi connectivity index (χ2n) is 18.9. The lowest BCUT2D eigenvalue weighted by molar-refractivity contribution is -0.143. The number of likely N-dealkylation sites (tertiary alicyclic amines) is 1.